The third kappa shape index (κ3) is 2.94. The number of hydrogen-bond donors (Lipinski definition) is 2. The Kier molecular flexibility index (Phi) is 3.60. The molecule has 0 atom stereocenters. The van der Waals surface area contributed by atoms with Crippen molar-refractivity contribution < 1.29 is 4.42 Å². The fraction of sp³-hybridized carbons (Fsp3) is 0.154. The van der Waals surface area contributed by atoms with Gasteiger partial charge in [-0.2, -0.15) is 0 Å². The van der Waals surface area contributed by atoms with Crippen LogP contribution in [0, 0.1) is 0 Å². The van der Waals surface area contributed by atoms with Gasteiger partial charge in [0.1, 0.15) is 11.5 Å². The number of nitrogens with zero attached hydrogens (tertiary/aromatic N) is 2. The van der Waals surface area contributed by atoms with E-state index in [-0.39, 0.29) is 5.56 Å². The molecule has 102 valence electrons. The van der Waals surface area contributed by atoms with Gasteiger partial charge in [0.25, 0.3) is 5.56 Å². The minimum absolute atomic E-state index is 0.227. The predicted octanol–water partition coefficient (Wildman–Crippen LogP) is 2.02. The molecule has 0 bridgehead atoms. The van der Waals surface area contributed by atoms with E-state index in [0.29, 0.717) is 24.6 Å². The molecule has 0 spiro atoms. The van der Waals surface area contributed by atoms with Crippen LogP contribution in [-0.2, 0) is 13.0 Å². The minimum Gasteiger partial charge on any atom is -0.467 e. The molecule has 0 aliphatic heterocycles. The van der Waals surface area contributed by atoms with E-state index in [1.54, 1.807) is 23.7 Å². The van der Waals surface area contributed by atoms with E-state index in [1.165, 1.54) is 0 Å². The van der Waals surface area contributed by atoms with Gasteiger partial charge < -0.3 is 9.73 Å². The zero-order chi connectivity index (χ0) is 13.8. The summed E-state index contributed by atoms with van der Waals surface area (Å²) in [5.74, 6) is 1.09. The SMILES string of the molecule is O=c1[nH]c(NCc2ccco2)nnc1Cc1cccs1. The van der Waals surface area contributed by atoms with Crippen LogP contribution in [0.15, 0.2) is 45.1 Å². The first-order valence-corrected chi connectivity index (χ1v) is 6.94. The second-order valence-corrected chi connectivity index (χ2v) is 5.17. The van der Waals surface area contributed by atoms with Gasteiger partial charge in [0.2, 0.25) is 5.95 Å². The van der Waals surface area contributed by atoms with Crippen molar-refractivity contribution in [3.05, 3.63) is 62.6 Å². The smallest absolute Gasteiger partial charge is 0.274 e. The number of aromatic nitrogens is 3. The van der Waals surface area contributed by atoms with Crippen molar-refractivity contribution in [2.45, 2.75) is 13.0 Å². The Morgan fingerprint density at radius 3 is 2.95 bits per heavy atom. The molecule has 7 heteroatoms. The fourth-order valence-corrected chi connectivity index (χ4v) is 2.43. The van der Waals surface area contributed by atoms with Gasteiger partial charge in [0.05, 0.1) is 12.8 Å². The van der Waals surface area contributed by atoms with Crippen LogP contribution in [0.3, 0.4) is 0 Å². The van der Waals surface area contributed by atoms with Crippen LogP contribution in [-0.4, -0.2) is 15.2 Å². The Hall–Kier alpha value is -2.41. The van der Waals surface area contributed by atoms with Crippen LogP contribution in [0.1, 0.15) is 16.3 Å². The van der Waals surface area contributed by atoms with Crippen molar-refractivity contribution in [2.75, 3.05) is 5.32 Å². The van der Waals surface area contributed by atoms with Gasteiger partial charge in [-0.1, -0.05) is 6.07 Å². The van der Waals surface area contributed by atoms with Gasteiger partial charge in [-0.3, -0.25) is 9.78 Å². The highest BCUT2D eigenvalue weighted by Crippen LogP contribution is 2.11. The number of anilines is 1. The van der Waals surface area contributed by atoms with Crippen molar-refractivity contribution in [1.82, 2.24) is 15.2 Å². The molecule has 0 fully saturated rings. The summed E-state index contributed by atoms with van der Waals surface area (Å²) in [4.78, 5) is 15.7. The molecule has 0 saturated heterocycles. The summed E-state index contributed by atoms with van der Waals surface area (Å²) < 4.78 is 5.18. The Labute approximate surface area is 118 Å². The molecule has 6 nitrogen and oxygen atoms in total. The molecule has 0 unspecified atom stereocenters. The normalized spacial score (nSPS) is 10.6. The molecule has 3 aromatic heterocycles. The number of hydrogen-bond acceptors (Lipinski definition) is 6. The molecular weight excluding hydrogens is 276 g/mol. The van der Waals surface area contributed by atoms with Crippen molar-refractivity contribution in [3.8, 4) is 0 Å². The average molecular weight is 288 g/mol. The number of aromatic amines is 1. The first kappa shape index (κ1) is 12.6. The maximum atomic E-state index is 11.9. The molecule has 0 radical (unpaired) electrons. The van der Waals surface area contributed by atoms with Gasteiger partial charge in [-0.15, -0.1) is 21.5 Å². The standard InChI is InChI=1S/C13H12N4O2S/c18-12-11(7-10-4-2-6-20-10)16-17-13(15-12)14-8-9-3-1-5-19-9/h1-6H,7-8H2,(H2,14,15,17,18). The van der Waals surface area contributed by atoms with Crippen molar-refractivity contribution >= 4 is 17.3 Å². The lowest BCUT2D eigenvalue weighted by atomic mass is 10.3. The second kappa shape index (κ2) is 5.70. The zero-order valence-electron chi connectivity index (χ0n) is 10.5. The summed E-state index contributed by atoms with van der Waals surface area (Å²) in [7, 11) is 0. The van der Waals surface area contributed by atoms with E-state index in [4.69, 9.17) is 4.42 Å². The van der Waals surface area contributed by atoms with Crippen molar-refractivity contribution in [2.24, 2.45) is 0 Å². The number of nitrogens with one attached hydrogen (secondary N) is 2. The van der Waals surface area contributed by atoms with Gasteiger partial charge in [0, 0.05) is 11.3 Å². The van der Waals surface area contributed by atoms with Gasteiger partial charge in [0.15, 0.2) is 0 Å². The highest BCUT2D eigenvalue weighted by atomic mass is 32.1. The van der Waals surface area contributed by atoms with Crippen molar-refractivity contribution in [1.29, 1.82) is 0 Å². The monoisotopic (exact) mass is 288 g/mol. The molecule has 20 heavy (non-hydrogen) atoms. The van der Waals surface area contributed by atoms with E-state index in [9.17, 15) is 4.79 Å². The Balaban J connectivity index is 1.69. The first-order valence-electron chi connectivity index (χ1n) is 6.06. The molecular formula is C13H12N4O2S. The quantitative estimate of drug-likeness (QED) is 0.750. The van der Waals surface area contributed by atoms with Gasteiger partial charge in [-0.25, -0.2) is 0 Å². The van der Waals surface area contributed by atoms with E-state index in [1.807, 2.05) is 23.6 Å². The number of thiophene rings is 1. The van der Waals surface area contributed by atoms with Crippen molar-refractivity contribution in [3.63, 3.8) is 0 Å². The molecule has 3 rings (SSSR count). The predicted molar refractivity (Wildman–Crippen MR) is 75.8 cm³/mol. The lowest BCUT2D eigenvalue weighted by Gasteiger charge is -2.03. The summed E-state index contributed by atoms with van der Waals surface area (Å²) in [5.41, 5.74) is 0.186. The molecule has 2 N–H and O–H groups in total. The van der Waals surface area contributed by atoms with Crippen LogP contribution in [0.5, 0.6) is 0 Å². The molecule has 0 amide bonds. The Bertz CT molecular complexity index is 719. The largest absolute Gasteiger partial charge is 0.467 e. The average Bonchev–Trinajstić information content (AvgIpc) is 3.12. The molecule has 0 saturated carbocycles. The Morgan fingerprint density at radius 2 is 2.25 bits per heavy atom. The summed E-state index contributed by atoms with van der Waals surface area (Å²) >= 11 is 1.59. The maximum absolute atomic E-state index is 11.9. The lowest BCUT2D eigenvalue weighted by molar-refractivity contribution is 0.517. The van der Waals surface area contributed by atoms with E-state index < -0.39 is 0 Å². The van der Waals surface area contributed by atoms with Crippen LogP contribution in [0.4, 0.5) is 5.95 Å². The molecule has 0 aromatic carbocycles. The van der Waals surface area contributed by atoms with E-state index in [2.05, 4.69) is 20.5 Å². The fourth-order valence-electron chi connectivity index (χ4n) is 1.72. The van der Waals surface area contributed by atoms with Crippen LogP contribution >= 0.6 is 11.3 Å². The summed E-state index contributed by atoms with van der Waals surface area (Å²) in [6.45, 7) is 0.446. The summed E-state index contributed by atoms with van der Waals surface area (Å²) in [5, 5.41) is 12.9. The second-order valence-electron chi connectivity index (χ2n) is 4.14. The highest BCUT2D eigenvalue weighted by Gasteiger charge is 2.07. The third-order valence-corrected chi connectivity index (χ3v) is 3.57. The summed E-state index contributed by atoms with van der Waals surface area (Å²) in [6.07, 6.45) is 2.09. The molecule has 3 heterocycles. The molecule has 0 aliphatic carbocycles. The molecule has 3 aromatic rings. The van der Waals surface area contributed by atoms with Crippen LogP contribution in [0.2, 0.25) is 0 Å². The minimum atomic E-state index is -0.227. The van der Waals surface area contributed by atoms with Gasteiger partial charge >= 0.3 is 0 Å². The lowest BCUT2D eigenvalue weighted by Crippen LogP contribution is -2.19. The number of H-pyrrole nitrogens is 1. The van der Waals surface area contributed by atoms with E-state index >= 15 is 0 Å². The number of furan rings is 1. The first-order chi connectivity index (χ1) is 9.81. The maximum Gasteiger partial charge on any atom is 0.274 e. The highest BCUT2D eigenvalue weighted by molar-refractivity contribution is 7.09. The number of rotatable bonds is 5. The molecule has 0 aliphatic rings. The van der Waals surface area contributed by atoms with Crippen LogP contribution < -0.4 is 10.9 Å². The Morgan fingerprint density at radius 1 is 1.30 bits per heavy atom. The zero-order valence-corrected chi connectivity index (χ0v) is 11.3. The topological polar surface area (TPSA) is 83.8 Å². The summed E-state index contributed by atoms with van der Waals surface area (Å²) in [6, 6.07) is 7.55. The van der Waals surface area contributed by atoms with Crippen LogP contribution in [0.25, 0.3) is 0 Å². The van der Waals surface area contributed by atoms with E-state index in [0.717, 1.165) is 10.6 Å². The third-order valence-electron chi connectivity index (χ3n) is 2.70. The van der Waals surface area contributed by atoms with Gasteiger partial charge in [-0.05, 0) is 23.6 Å².